The first kappa shape index (κ1) is 13.0. The third-order valence-corrected chi connectivity index (χ3v) is 4.61. The fourth-order valence-corrected chi connectivity index (χ4v) is 3.16. The summed E-state index contributed by atoms with van der Waals surface area (Å²) in [6.45, 7) is 1.35. The van der Waals surface area contributed by atoms with Gasteiger partial charge in [-0.3, -0.25) is 9.69 Å². The maximum atomic E-state index is 12.1. The molecule has 18 heavy (non-hydrogen) atoms. The molecule has 0 unspecified atom stereocenters. The van der Waals surface area contributed by atoms with Crippen LogP contribution in [0, 0.1) is 0 Å². The van der Waals surface area contributed by atoms with E-state index in [0.29, 0.717) is 13.1 Å². The van der Waals surface area contributed by atoms with Crippen LogP contribution in [0.4, 0.5) is 0 Å². The van der Waals surface area contributed by atoms with E-state index in [0.717, 1.165) is 0 Å². The molecule has 9 heteroatoms. The lowest BCUT2D eigenvalue weighted by atomic mass is 10.3. The minimum Gasteiger partial charge on any atom is -0.480 e. The Bertz CT molecular complexity index is 505. The highest BCUT2D eigenvalue weighted by Gasteiger charge is 2.29. The van der Waals surface area contributed by atoms with Crippen LogP contribution in [-0.4, -0.2) is 71.4 Å². The van der Waals surface area contributed by atoms with Crippen molar-refractivity contribution in [3.05, 3.63) is 12.5 Å². The average molecular weight is 274 g/mol. The number of carboxylic acids is 1. The van der Waals surface area contributed by atoms with Gasteiger partial charge in [0, 0.05) is 26.2 Å². The van der Waals surface area contributed by atoms with Crippen molar-refractivity contribution in [2.24, 2.45) is 0 Å². The van der Waals surface area contributed by atoms with Crippen LogP contribution in [0.1, 0.15) is 0 Å². The van der Waals surface area contributed by atoms with Crippen molar-refractivity contribution in [1.82, 2.24) is 19.2 Å². The van der Waals surface area contributed by atoms with Crippen LogP contribution in [-0.2, 0) is 14.8 Å². The summed E-state index contributed by atoms with van der Waals surface area (Å²) in [7, 11) is -3.53. The SMILES string of the molecule is O=C(O)CN1CCN(S(=O)(=O)c2cnc[nH]2)CC1. The Hall–Kier alpha value is -1.45. The summed E-state index contributed by atoms with van der Waals surface area (Å²) in [6.07, 6.45) is 2.58. The fourth-order valence-electron chi connectivity index (χ4n) is 1.84. The van der Waals surface area contributed by atoms with Crippen LogP contribution in [0.15, 0.2) is 17.6 Å². The molecule has 1 aromatic rings. The first-order chi connectivity index (χ1) is 8.50. The van der Waals surface area contributed by atoms with E-state index in [1.807, 2.05) is 0 Å². The van der Waals surface area contributed by atoms with E-state index in [-0.39, 0.29) is 24.7 Å². The average Bonchev–Trinajstić information content (AvgIpc) is 2.83. The molecule has 100 valence electrons. The van der Waals surface area contributed by atoms with E-state index in [9.17, 15) is 13.2 Å². The van der Waals surface area contributed by atoms with E-state index >= 15 is 0 Å². The summed E-state index contributed by atoms with van der Waals surface area (Å²) in [4.78, 5) is 18.5. The molecular weight excluding hydrogens is 260 g/mol. The van der Waals surface area contributed by atoms with E-state index in [2.05, 4.69) is 9.97 Å². The number of nitrogens with one attached hydrogen (secondary N) is 1. The molecule has 1 aromatic heterocycles. The van der Waals surface area contributed by atoms with Gasteiger partial charge in [-0.05, 0) is 0 Å². The van der Waals surface area contributed by atoms with Gasteiger partial charge in [-0.2, -0.15) is 4.31 Å². The number of hydrogen-bond acceptors (Lipinski definition) is 5. The maximum absolute atomic E-state index is 12.1. The van der Waals surface area contributed by atoms with Crippen molar-refractivity contribution < 1.29 is 18.3 Å². The fraction of sp³-hybridized carbons (Fsp3) is 0.556. The van der Waals surface area contributed by atoms with E-state index in [1.165, 1.54) is 16.8 Å². The number of imidazole rings is 1. The van der Waals surface area contributed by atoms with Gasteiger partial charge >= 0.3 is 5.97 Å². The lowest BCUT2D eigenvalue weighted by Gasteiger charge is -2.32. The molecule has 0 atom stereocenters. The minimum atomic E-state index is -3.53. The molecule has 0 aliphatic carbocycles. The van der Waals surface area contributed by atoms with Crippen molar-refractivity contribution in [3.8, 4) is 0 Å². The van der Waals surface area contributed by atoms with Crippen molar-refractivity contribution in [1.29, 1.82) is 0 Å². The molecule has 2 N–H and O–H groups in total. The number of sulfonamides is 1. The molecule has 0 bridgehead atoms. The van der Waals surface area contributed by atoms with Crippen LogP contribution in [0.5, 0.6) is 0 Å². The van der Waals surface area contributed by atoms with Gasteiger partial charge in [0.05, 0.1) is 19.1 Å². The van der Waals surface area contributed by atoms with Crippen molar-refractivity contribution >= 4 is 16.0 Å². The predicted octanol–water partition coefficient (Wildman–Crippen LogP) is -1.20. The largest absolute Gasteiger partial charge is 0.480 e. The highest BCUT2D eigenvalue weighted by atomic mass is 32.2. The zero-order valence-electron chi connectivity index (χ0n) is 9.61. The summed E-state index contributed by atoms with van der Waals surface area (Å²) < 4.78 is 25.5. The molecule has 1 saturated heterocycles. The zero-order valence-corrected chi connectivity index (χ0v) is 10.4. The quantitative estimate of drug-likeness (QED) is 0.714. The molecule has 1 fully saturated rings. The van der Waals surface area contributed by atoms with Crippen LogP contribution in [0.25, 0.3) is 0 Å². The third-order valence-electron chi connectivity index (χ3n) is 2.78. The first-order valence-corrected chi connectivity index (χ1v) is 6.87. The van der Waals surface area contributed by atoms with Crippen LogP contribution < -0.4 is 0 Å². The van der Waals surface area contributed by atoms with E-state index < -0.39 is 16.0 Å². The molecule has 0 spiro atoms. The number of rotatable bonds is 4. The summed E-state index contributed by atoms with van der Waals surface area (Å²) >= 11 is 0. The minimum absolute atomic E-state index is 0.0576. The lowest BCUT2D eigenvalue weighted by molar-refractivity contribution is -0.138. The van der Waals surface area contributed by atoms with Crippen molar-refractivity contribution in [2.75, 3.05) is 32.7 Å². The Morgan fingerprint density at radius 2 is 2.06 bits per heavy atom. The van der Waals surface area contributed by atoms with Gasteiger partial charge in [0.1, 0.15) is 0 Å². The van der Waals surface area contributed by atoms with Gasteiger partial charge in [-0.1, -0.05) is 0 Å². The number of carbonyl (C=O) groups is 1. The molecule has 2 heterocycles. The highest BCUT2D eigenvalue weighted by Crippen LogP contribution is 2.14. The van der Waals surface area contributed by atoms with Crippen LogP contribution >= 0.6 is 0 Å². The molecule has 0 amide bonds. The normalized spacial score (nSPS) is 18.9. The molecule has 2 rings (SSSR count). The Morgan fingerprint density at radius 3 is 2.56 bits per heavy atom. The van der Waals surface area contributed by atoms with Crippen LogP contribution in [0.2, 0.25) is 0 Å². The number of aromatic nitrogens is 2. The standard InChI is InChI=1S/C9H14N4O4S/c14-9(15)6-12-1-3-13(4-2-12)18(16,17)8-5-10-7-11-8/h5,7H,1-4,6H2,(H,10,11)(H,14,15). The topological polar surface area (TPSA) is 107 Å². The van der Waals surface area contributed by atoms with Gasteiger partial charge in [-0.25, -0.2) is 13.4 Å². The van der Waals surface area contributed by atoms with Crippen molar-refractivity contribution in [3.63, 3.8) is 0 Å². The molecule has 8 nitrogen and oxygen atoms in total. The van der Waals surface area contributed by atoms with Gasteiger partial charge in [-0.15, -0.1) is 0 Å². The van der Waals surface area contributed by atoms with Gasteiger partial charge < -0.3 is 10.1 Å². The smallest absolute Gasteiger partial charge is 0.317 e. The molecular formula is C9H14N4O4S. The number of nitrogens with zero attached hydrogens (tertiary/aromatic N) is 3. The third kappa shape index (κ3) is 2.68. The summed E-state index contributed by atoms with van der Waals surface area (Å²) in [5, 5.41) is 8.72. The second-order valence-corrected chi connectivity index (χ2v) is 5.90. The van der Waals surface area contributed by atoms with Gasteiger partial charge in [0.15, 0.2) is 5.03 Å². The summed E-state index contributed by atoms with van der Waals surface area (Å²) in [5.74, 6) is -0.903. The Morgan fingerprint density at radius 1 is 1.39 bits per heavy atom. The zero-order chi connectivity index (χ0) is 13.2. The molecule has 1 aliphatic rings. The molecule has 0 aromatic carbocycles. The maximum Gasteiger partial charge on any atom is 0.317 e. The molecule has 0 saturated carbocycles. The second kappa shape index (κ2) is 5.04. The Balaban J connectivity index is 2.00. The lowest BCUT2D eigenvalue weighted by Crippen LogP contribution is -2.49. The number of carboxylic acid groups (broad SMARTS) is 1. The summed E-state index contributed by atoms with van der Waals surface area (Å²) in [6, 6.07) is 0. The number of hydrogen-bond donors (Lipinski definition) is 2. The Kier molecular flexibility index (Phi) is 3.64. The monoisotopic (exact) mass is 274 g/mol. The summed E-state index contributed by atoms with van der Waals surface area (Å²) in [5.41, 5.74) is 0. The number of aliphatic carboxylic acids is 1. The van der Waals surface area contributed by atoms with Crippen molar-refractivity contribution in [2.45, 2.75) is 5.03 Å². The van der Waals surface area contributed by atoms with Gasteiger partial charge in [0.2, 0.25) is 0 Å². The second-order valence-electron chi connectivity index (χ2n) is 3.99. The molecule has 0 radical (unpaired) electrons. The first-order valence-electron chi connectivity index (χ1n) is 5.43. The van der Waals surface area contributed by atoms with Gasteiger partial charge in [0.25, 0.3) is 10.0 Å². The van der Waals surface area contributed by atoms with Crippen LogP contribution in [0.3, 0.4) is 0 Å². The Labute approximate surface area is 104 Å². The number of H-pyrrole nitrogens is 1. The predicted molar refractivity (Wildman–Crippen MR) is 61.4 cm³/mol. The highest BCUT2D eigenvalue weighted by molar-refractivity contribution is 7.89. The van der Waals surface area contributed by atoms with E-state index in [1.54, 1.807) is 4.90 Å². The molecule has 1 aliphatic heterocycles. The van der Waals surface area contributed by atoms with E-state index in [4.69, 9.17) is 5.11 Å². The number of aromatic amines is 1. The number of piperazine rings is 1.